The third kappa shape index (κ3) is 3.53. The summed E-state index contributed by atoms with van der Waals surface area (Å²) in [5, 5.41) is 12.7. The molecule has 0 saturated carbocycles. The highest BCUT2D eigenvalue weighted by Crippen LogP contribution is 2.22. The van der Waals surface area contributed by atoms with Crippen LogP contribution in [0.5, 0.6) is 11.5 Å². The van der Waals surface area contributed by atoms with Gasteiger partial charge in [0, 0.05) is 12.1 Å². The Morgan fingerprint density at radius 2 is 2.27 bits per heavy atom. The average molecular weight is 205 g/mol. The molecule has 0 unspecified atom stereocenters. The zero-order valence-electron chi connectivity index (χ0n) is 9.00. The number of aromatic hydroxyl groups is 1. The largest absolute Gasteiger partial charge is 0.508 e. The molecule has 80 valence electrons. The van der Waals surface area contributed by atoms with Gasteiger partial charge in [-0.1, -0.05) is 5.92 Å². The van der Waals surface area contributed by atoms with Crippen LogP contribution in [0.3, 0.4) is 0 Å². The van der Waals surface area contributed by atoms with E-state index in [0.29, 0.717) is 13.1 Å². The van der Waals surface area contributed by atoms with Crippen molar-refractivity contribution >= 4 is 0 Å². The summed E-state index contributed by atoms with van der Waals surface area (Å²) < 4.78 is 5.07. The number of benzene rings is 1. The van der Waals surface area contributed by atoms with Crippen LogP contribution in [0.1, 0.15) is 12.5 Å². The molecule has 0 bridgehead atoms. The Bertz CT molecular complexity index is 377. The van der Waals surface area contributed by atoms with Crippen molar-refractivity contribution in [3.05, 3.63) is 23.8 Å². The lowest BCUT2D eigenvalue weighted by molar-refractivity contribution is 0.410. The van der Waals surface area contributed by atoms with Gasteiger partial charge in [0.05, 0.1) is 13.7 Å². The topological polar surface area (TPSA) is 41.5 Å². The predicted molar refractivity (Wildman–Crippen MR) is 59.8 cm³/mol. The molecule has 3 heteroatoms. The summed E-state index contributed by atoms with van der Waals surface area (Å²) >= 11 is 0. The Labute approximate surface area is 90.1 Å². The number of methoxy groups -OCH3 is 1. The van der Waals surface area contributed by atoms with Crippen LogP contribution in [-0.4, -0.2) is 18.8 Å². The average Bonchev–Trinajstić information content (AvgIpc) is 2.26. The maximum Gasteiger partial charge on any atom is 0.120 e. The summed E-state index contributed by atoms with van der Waals surface area (Å²) in [6.45, 7) is 3.00. The molecule has 0 radical (unpaired) electrons. The number of nitrogens with one attached hydrogen (secondary N) is 1. The Balaban J connectivity index is 2.61. The first-order chi connectivity index (χ1) is 7.27. The zero-order valence-corrected chi connectivity index (χ0v) is 9.00. The monoisotopic (exact) mass is 205 g/mol. The highest BCUT2D eigenvalue weighted by atomic mass is 16.5. The standard InChI is InChI=1S/C12H15NO2/c1-3-4-7-13-9-10-8-11(15-2)5-6-12(10)14/h5-6,8,13-14H,7,9H2,1-2H3. The zero-order chi connectivity index (χ0) is 11.1. The van der Waals surface area contributed by atoms with E-state index in [4.69, 9.17) is 4.74 Å². The molecule has 15 heavy (non-hydrogen) atoms. The van der Waals surface area contributed by atoms with Gasteiger partial charge in [0.2, 0.25) is 0 Å². The van der Waals surface area contributed by atoms with Crippen molar-refractivity contribution in [2.75, 3.05) is 13.7 Å². The minimum atomic E-state index is 0.271. The van der Waals surface area contributed by atoms with Crippen molar-refractivity contribution in [1.29, 1.82) is 0 Å². The molecule has 0 atom stereocenters. The molecule has 0 aliphatic carbocycles. The lowest BCUT2D eigenvalue weighted by Crippen LogP contribution is -2.13. The van der Waals surface area contributed by atoms with E-state index < -0.39 is 0 Å². The number of hydrogen-bond acceptors (Lipinski definition) is 3. The number of phenolic OH excluding ortho intramolecular Hbond substituents is 1. The van der Waals surface area contributed by atoms with Gasteiger partial charge in [0.25, 0.3) is 0 Å². The maximum absolute atomic E-state index is 9.56. The molecule has 1 rings (SSSR count). The van der Waals surface area contributed by atoms with E-state index >= 15 is 0 Å². The summed E-state index contributed by atoms with van der Waals surface area (Å²) in [6.07, 6.45) is 0. The van der Waals surface area contributed by atoms with Crippen molar-refractivity contribution in [2.24, 2.45) is 0 Å². The quantitative estimate of drug-likeness (QED) is 0.578. The van der Waals surface area contributed by atoms with Gasteiger partial charge in [0.1, 0.15) is 11.5 Å². The van der Waals surface area contributed by atoms with Crippen LogP contribution in [0.4, 0.5) is 0 Å². The van der Waals surface area contributed by atoms with E-state index in [0.717, 1.165) is 11.3 Å². The molecule has 0 fully saturated rings. The Morgan fingerprint density at radius 3 is 2.93 bits per heavy atom. The number of hydrogen-bond donors (Lipinski definition) is 2. The van der Waals surface area contributed by atoms with Crippen LogP contribution < -0.4 is 10.1 Å². The molecule has 2 N–H and O–H groups in total. The van der Waals surface area contributed by atoms with E-state index in [1.807, 2.05) is 6.07 Å². The number of ether oxygens (including phenoxy) is 1. The van der Waals surface area contributed by atoms with E-state index in [2.05, 4.69) is 17.2 Å². The SMILES string of the molecule is CC#CCNCc1cc(OC)ccc1O. The van der Waals surface area contributed by atoms with Gasteiger partial charge in [0.15, 0.2) is 0 Å². The number of phenols is 1. The van der Waals surface area contributed by atoms with Crippen LogP contribution >= 0.6 is 0 Å². The molecule has 0 aromatic heterocycles. The summed E-state index contributed by atoms with van der Waals surface area (Å²) in [5.74, 6) is 6.70. The molecule has 0 amide bonds. The fourth-order valence-electron chi connectivity index (χ4n) is 1.18. The van der Waals surface area contributed by atoms with E-state index in [-0.39, 0.29) is 5.75 Å². The van der Waals surface area contributed by atoms with Gasteiger partial charge in [-0.3, -0.25) is 0 Å². The summed E-state index contributed by atoms with van der Waals surface area (Å²) in [7, 11) is 1.60. The first-order valence-electron chi connectivity index (χ1n) is 4.74. The normalized spacial score (nSPS) is 9.20. The highest BCUT2D eigenvalue weighted by molar-refractivity contribution is 5.39. The van der Waals surface area contributed by atoms with E-state index in [1.54, 1.807) is 26.2 Å². The number of rotatable bonds is 4. The molecule has 3 nitrogen and oxygen atoms in total. The van der Waals surface area contributed by atoms with Crippen LogP contribution in [0.15, 0.2) is 18.2 Å². The Morgan fingerprint density at radius 1 is 1.47 bits per heavy atom. The molecule has 0 aliphatic heterocycles. The first kappa shape index (κ1) is 11.4. The van der Waals surface area contributed by atoms with Gasteiger partial charge >= 0.3 is 0 Å². The van der Waals surface area contributed by atoms with Gasteiger partial charge in [-0.15, -0.1) is 5.92 Å². The summed E-state index contributed by atoms with van der Waals surface area (Å²) in [6, 6.07) is 5.16. The second kappa shape index (κ2) is 5.94. The second-order valence-corrected chi connectivity index (χ2v) is 3.02. The van der Waals surface area contributed by atoms with Crippen molar-refractivity contribution in [2.45, 2.75) is 13.5 Å². The molecule has 0 spiro atoms. The van der Waals surface area contributed by atoms with Gasteiger partial charge in [-0.05, 0) is 25.1 Å². The fourth-order valence-corrected chi connectivity index (χ4v) is 1.18. The van der Waals surface area contributed by atoms with Gasteiger partial charge in [-0.25, -0.2) is 0 Å². The van der Waals surface area contributed by atoms with Crippen molar-refractivity contribution in [3.8, 4) is 23.3 Å². The summed E-state index contributed by atoms with van der Waals surface area (Å²) in [5.41, 5.74) is 0.812. The molecule has 0 saturated heterocycles. The fraction of sp³-hybridized carbons (Fsp3) is 0.333. The third-order valence-electron chi connectivity index (χ3n) is 1.99. The van der Waals surface area contributed by atoms with Crippen molar-refractivity contribution < 1.29 is 9.84 Å². The Hall–Kier alpha value is -1.66. The van der Waals surface area contributed by atoms with Gasteiger partial charge < -0.3 is 15.2 Å². The highest BCUT2D eigenvalue weighted by Gasteiger charge is 2.01. The molecule has 1 aromatic rings. The van der Waals surface area contributed by atoms with Crippen LogP contribution in [-0.2, 0) is 6.54 Å². The molecule has 0 aliphatic rings. The summed E-state index contributed by atoms with van der Waals surface area (Å²) in [4.78, 5) is 0. The van der Waals surface area contributed by atoms with Gasteiger partial charge in [-0.2, -0.15) is 0 Å². The maximum atomic E-state index is 9.56. The molecule has 0 heterocycles. The third-order valence-corrected chi connectivity index (χ3v) is 1.99. The lowest BCUT2D eigenvalue weighted by Gasteiger charge is -2.06. The lowest BCUT2D eigenvalue weighted by atomic mass is 10.2. The predicted octanol–water partition coefficient (Wildman–Crippen LogP) is 1.51. The smallest absolute Gasteiger partial charge is 0.120 e. The molecule has 1 aromatic carbocycles. The second-order valence-electron chi connectivity index (χ2n) is 3.02. The molecular formula is C12H15NO2. The minimum Gasteiger partial charge on any atom is -0.508 e. The minimum absolute atomic E-state index is 0.271. The van der Waals surface area contributed by atoms with Crippen LogP contribution in [0.25, 0.3) is 0 Å². The van der Waals surface area contributed by atoms with Crippen molar-refractivity contribution in [1.82, 2.24) is 5.32 Å². The van der Waals surface area contributed by atoms with Crippen LogP contribution in [0, 0.1) is 11.8 Å². The van der Waals surface area contributed by atoms with E-state index in [1.165, 1.54) is 0 Å². The first-order valence-corrected chi connectivity index (χ1v) is 4.74. The van der Waals surface area contributed by atoms with Crippen molar-refractivity contribution in [3.63, 3.8) is 0 Å². The van der Waals surface area contributed by atoms with Crippen LogP contribution in [0.2, 0.25) is 0 Å². The van der Waals surface area contributed by atoms with E-state index in [9.17, 15) is 5.11 Å². The molecular weight excluding hydrogens is 190 g/mol. The Kier molecular flexibility index (Phi) is 4.52.